The van der Waals surface area contributed by atoms with Crippen LogP contribution in [0.3, 0.4) is 0 Å². The van der Waals surface area contributed by atoms with Crippen molar-refractivity contribution >= 4 is 16.7 Å². The second-order valence-electron chi connectivity index (χ2n) is 8.37. The van der Waals surface area contributed by atoms with Crippen LogP contribution in [-0.4, -0.2) is 61.9 Å². The number of benzene rings is 2. The van der Waals surface area contributed by atoms with Gasteiger partial charge in [0.25, 0.3) is 0 Å². The molecule has 1 saturated heterocycles. The Morgan fingerprint density at radius 1 is 1.19 bits per heavy atom. The minimum Gasteiger partial charge on any atom is -0.497 e. The van der Waals surface area contributed by atoms with E-state index in [1.165, 1.54) is 22.1 Å². The van der Waals surface area contributed by atoms with E-state index >= 15 is 0 Å². The fraction of sp³-hybridized carbons (Fsp3) is 0.385. The van der Waals surface area contributed by atoms with E-state index in [4.69, 9.17) is 9.47 Å². The Hall–Kier alpha value is -2.83. The first-order chi connectivity index (χ1) is 15.5. The summed E-state index contributed by atoms with van der Waals surface area (Å²) in [6, 6.07) is 12.7. The smallest absolute Gasteiger partial charge is 0.124 e. The Morgan fingerprint density at radius 3 is 2.66 bits per heavy atom. The number of ether oxygens (including phenoxy) is 2. The number of alkyl halides is 1. The van der Waals surface area contributed by atoms with Gasteiger partial charge in [-0.15, -0.1) is 0 Å². The molecule has 0 bridgehead atoms. The Bertz CT molecular complexity index is 1080. The second kappa shape index (κ2) is 9.76. The fourth-order valence-electron chi connectivity index (χ4n) is 4.70. The summed E-state index contributed by atoms with van der Waals surface area (Å²) in [6.45, 7) is 9.45. The van der Waals surface area contributed by atoms with Crippen molar-refractivity contribution in [2.45, 2.75) is 19.5 Å². The molecular weight excluding hydrogens is 405 g/mol. The number of halogens is 1. The van der Waals surface area contributed by atoms with E-state index in [0.717, 1.165) is 43.0 Å². The highest BCUT2D eigenvalue weighted by atomic mass is 19.1. The molecule has 0 amide bonds. The molecule has 1 N–H and O–H groups in total. The zero-order valence-corrected chi connectivity index (χ0v) is 19.2. The van der Waals surface area contributed by atoms with Gasteiger partial charge >= 0.3 is 0 Å². The molecule has 6 heteroatoms. The molecule has 3 aromatic rings. The molecule has 1 aromatic heterocycles. The van der Waals surface area contributed by atoms with E-state index in [1.807, 2.05) is 18.3 Å². The van der Waals surface area contributed by atoms with Crippen molar-refractivity contribution in [1.82, 2.24) is 14.8 Å². The zero-order valence-electron chi connectivity index (χ0n) is 19.2. The maximum absolute atomic E-state index is 13.1. The fourth-order valence-corrected chi connectivity index (χ4v) is 4.70. The number of nitrogens with zero attached hydrogens (tertiary/aromatic N) is 2. The van der Waals surface area contributed by atoms with Gasteiger partial charge in [0.15, 0.2) is 0 Å². The second-order valence-corrected chi connectivity index (χ2v) is 8.37. The average molecular weight is 438 g/mol. The molecule has 32 heavy (non-hydrogen) atoms. The van der Waals surface area contributed by atoms with Gasteiger partial charge in [-0.1, -0.05) is 30.8 Å². The van der Waals surface area contributed by atoms with Crippen LogP contribution in [0.15, 0.2) is 49.2 Å². The standard InChI is InChI=1S/C26H32FN3O2/c1-18-15-25(32-4)23(22-9-11-28-26(18)22)16-30-14-13-29(12-10-27)17-24(30)21-7-5-20(6-8-21)19(2)31-3/h5-9,11,15,24,28H,2,10,12-14,16-17H2,1,3-4H3. The Kier molecular flexibility index (Phi) is 6.82. The summed E-state index contributed by atoms with van der Waals surface area (Å²) < 4.78 is 24.2. The summed E-state index contributed by atoms with van der Waals surface area (Å²) >= 11 is 0. The predicted octanol–water partition coefficient (Wildman–Crippen LogP) is 4.93. The molecule has 0 saturated carbocycles. The highest BCUT2D eigenvalue weighted by molar-refractivity contribution is 5.88. The largest absolute Gasteiger partial charge is 0.497 e. The lowest BCUT2D eigenvalue weighted by molar-refractivity contribution is 0.0642. The third kappa shape index (κ3) is 4.38. The highest BCUT2D eigenvalue weighted by Crippen LogP contribution is 2.35. The van der Waals surface area contributed by atoms with Crippen LogP contribution in [0.2, 0.25) is 0 Å². The van der Waals surface area contributed by atoms with Crippen LogP contribution in [0.25, 0.3) is 16.7 Å². The van der Waals surface area contributed by atoms with E-state index in [-0.39, 0.29) is 12.7 Å². The van der Waals surface area contributed by atoms with Crippen LogP contribution in [0, 0.1) is 6.92 Å². The Labute approximate surface area is 189 Å². The molecule has 0 radical (unpaired) electrons. The third-order valence-electron chi connectivity index (χ3n) is 6.53. The summed E-state index contributed by atoms with van der Waals surface area (Å²) in [6.07, 6.45) is 1.98. The van der Waals surface area contributed by atoms with E-state index in [0.29, 0.717) is 12.3 Å². The molecule has 0 aliphatic carbocycles. The zero-order chi connectivity index (χ0) is 22.7. The number of aryl methyl sites for hydroxylation is 1. The number of fused-ring (bicyclic) bond motifs is 1. The number of aromatic amines is 1. The van der Waals surface area contributed by atoms with E-state index < -0.39 is 0 Å². The van der Waals surface area contributed by atoms with Crippen molar-refractivity contribution in [1.29, 1.82) is 0 Å². The molecule has 4 rings (SSSR count). The molecule has 1 unspecified atom stereocenters. The first kappa shape index (κ1) is 22.4. The van der Waals surface area contributed by atoms with Crippen molar-refractivity contribution < 1.29 is 13.9 Å². The summed E-state index contributed by atoms with van der Waals surface area (Å²) in [5.41, 5.74) is 5.67. The lowest BCUT2D eigenvalue weighted by atomic mass is 9.98. The van der Waals surface area contributed by atoms with Crippen LogP contribution < -0.4 is 4.74 Å². The van der Waals surface area contributed by atoms with Gasteiger partial charge in [-0.3, -0.25) is 9.80 Å². The number of methoxy groups -OCH3 is 2. The maximum atomic E-state index is 13.1. The Morgan fingerprint density at radius 2 is 1.97 bits per heavy atom. The lowest BCUT2D eigenvalue weighted by Gasteiger charge is -2.42. The molecule has 2 aromatic carbocycles. The van der Waals surface area contributed by atoms with Crippen LogP contribution in [0.1, 0.15) is 28.3 Å². The van der Waals surface area contributed by atoms with E-state index in [9.17, 15) is 4.39 Å². The van der Waals surface area contributed by atoms with Gasteiger partial charge in [0.1, 0.15) is 18.2 Å². The van der Waals surface area contributed by atoms with E-state index in [1.54, 1.807) is 14.2 Å². The number of rotatable bonds is 8. The topological polar surface area (TPSA) is 40.7 Å². The number of H-pyrrole nitrogens is 1. The number of hydrogen-bond donors (Lipinski definition) is 1. The summed E-state index contributed by atoms with van der Waals surface area (Å²) in [7, 11) is 3.36. The van der Waals surface area contributed by atoms with E-state index in [2.05, 4.69) is 52.6 Å². The highest BCUT2D eigenvalue weighted by Gasteiger charge is 2.29. The Balaban J connectivity index is 1.67. The third-order valence-corrected chi connectivity index (χ3v) is 6.53. The molecule has 5 nitrogen and oxygen atoms in total. The average Bonchev–Trinajstić information content (AvgIpc) is 3.32. The van der Waals surface area contributed by atoms with Gasteiger partial charge in [-0.25, -0.2) is 4.39 Å². The van der Waals surface area contributed by atoms with Crippen LogP contribution in [0.4, 0.5) is 4.39 Å². The SMILES string of the molecule is C=C(OC)c1ccc(C2CN(CCF)CCN2Cc2c(OC)cc(C)c3[nH]ccc23)cc1. The van der Waals surface area contributed by atoms with Crippen molar-refractivity contribution in [3.05, 3.63) is 71.4 Å². The normalized spacial score (nSPS) is 17.6. The van der Waals surface area contributed by atoms with Crippen molar-refractivity contribution in [2.24, 2.45) is 0 Å². The number of piperazine rings is 1. The molecule has 2 heterocycles. The lowest BCUT2D eigenvalue weighted by Crippen LogP contribution is -2.48. The summed E-state index contributed by atoms with van der Waals surface area (Å²) in [4.78, 5) is 8.05. The van der Waals surface area contributed by atoms with Crippen LogP contribution in [-0.2, 0) is 11.3 Å². The monoisotopic (exact) mass is 437 g/mol. The number of nitrogens with one attached hydrogen (secondary N) is 1. The van der Waals surface area contributed by atoms with Gasteiger partial charge in [-0.2, -0.15) is 0 Å². The maximum Gasteiger partial charge on any atom is 0.124 e. The molecule has 0 spiro atoms. The molecule has 1 aliphatic rings. The number of hydrogen-bond acceptors (Lipinski definition) is 4. The van der Waals surface area contributed by atoms with Crippen LogP contribution in [0.5, 0.6) is 5.75 Å². The minimum atomic E-state index is -0.324. The van der Waals surface area contributed by atoms with Crippen molar-refractivity contribution in [2.75, 3.05) is 47.1 Å². The first-order valence-corrected chi connectivity index (χ1v) is 11.0. The molecule has 1 aliphatic heterocycles. The summed E-state index contributed by atoms with van der Waals surface area (Å²) in [5, 5.41) is 1.19. The molecular formula is C26H32FN3O2. The predicted molar refractivity (Wildman–Crippen MR) is 128 cm³/mol. The van der Waals surface area contributed by atoms with Crippen molar-refractivity contribution in [3.63, 3.8) is 0 Å². The molecule has 1 fully saturated rings. The van der Waals surface area contributed by atoms with Gasteiger partial charge in [0, 0.05) is 67.0 Å². The van der Waals surface area contributed by atoms with Gasteiger partial charge in [-0.05, 0) is 30.2 Å². The van der Waals surface area contributed by atoms with Gasteiger partial charge in [0.2, 0.25) is 0 Å². The van der Waals surface area contributed by atoms with Crippen molar-refractivity contribution in [3.8, 4) is 5.75 Å². The summed E-state index contributed by atoms with van der Waals surface area (Å²) in [5.74, 6) is 1.56. The molecule has 1 atom stereocenters. The quantitative estimate of drug-likeness (QED) is 0.508. The number of aromatic nitrogens is 1. The van der Waals surface area contributed by atoms with Gasteiger partial charge in [0.05, 0.1) is 14.2 Å². The van der Waals surface area contributed by atoms with Gasteiger partial charge < -0.3 is 14.5 Å². The first-order valence-electron chi connectivity index (χ1n) is 11.0. The molecule has 170 valence electrons. The minimum absolute atomic E-state index is 0.153. The van der Waals surface area contributed by atoms with Crippen LogP contribution >= 0.6 is 0 Å².